The maximum absolute atomic E-state index is 14.5. The van der Waals surface area contributed by atoms with Crippen molar-refractivity contribution in [2.75, 3.05) is 124 Å². The highest BCUT2D eigenvalue weighted by atomic mass is 16.6. The summed E-state index contributed by atoms with van der Waals surface area (Å²) >= 11 is 0. The molecule has 4 aliphatic rings. The number of benzene rings is 2. The van der Waals surface area contributed by atoms with Crippen molar-refractivity contribution in [1.29, 1.82) is 0 Å². The Labute approximate surface area is 498 Å². The van der Waals surface area contributed by atoms with Crippen LogP contribution in [0.3, 0.4) is 0 Å². The van der Waals surface area contributed by atoms with Gasteiger partial charge in [-0.3, -0.25) is 14.5 Å². The lowest BCUT2D eigenvalue weighted by Gasteiger charge is -2.41. The number of amides is 3. The molecule has 2 aliphatic carbocycles. The summed E-state index contributed by atoms with van der Waals surface area (Å²) in [5.74, 6) is 2.67. The van der Waals surface area contributed by atoms with Crippen molar-refractivity contribution >= 4 is 29.7 Å². The number of hydrogen-bond donors (Lipinski definition) is 2. The summed E-state index contributed by atoms with van der Waals surface area (Å²) in [5, 5.41) is 11.4. The first-order valence-corrected chi connectivity index (χ1v) is 31.0. The summed E-state index contributed by atoms with van der Waals surface area (Å²) in [5.41, 5.74) is 3.56. The predicted molar refractivity (Wildman–Crippen MR) is 324 cm³/mol. The van der Waals surface area contributed by atoms with Gasteiger partial charge in [-0.05, 0) is 133 Å². The average molecular weight is 1170 g/mol. The van der Waals surface area contributed by atoms with E-state index in [2.05, 4.69) is 54.6 Å². The zero-order valence-corrected chi connectivity index (χ0v) is 51.2. The van der Waals surface area contributed by atoms with Crippen molar-refractivity contribution in [3.8, 4) is 17.0 Å². The zero-order chi connectivity index (χ0) is 59.3. The van der Waals surface area contributed by atoms with Gasteiger partial charge in [0, 0.05) is 59.1 Å². The molecule has 2 saturated heterocycles. The summed E-state index contributed by atoms with van der Waals surface area (Å²) in [4.78, 5) is 58.5. The quantitative estimate of drug-likeness (QED) is 0.0458. The largest absolute Gasteiger partial charge is 0.491 e. The molecule has 2 saturated carbocycles. The van der Waals surface area contributed by atoms with Crippen LogP contribution in [0.5, 0.6) is 5.75 Å². The Morgan fingerprint density at radius 3 is 2.06 bits per heavy atom. The Bertz CT molecular complexity index is 2610. The number of aromatic nitrogens is 4. The van der Waals surface area contributed by atoms with Gasteiger partial charge in [-0.1, -0.05) is 61.7 Å². The molecule has 84 heavy (non-hydrogen) atoms. The van der Waals surface area contributed by atoms with Gasteiger partial charge < -0.3 is 58.5 Å². The van der Waals surface area contributed by atoms with Crippen LogP contribution in [-0.2, 0) is 51.0 Å². The Morgan fingerprint density at radius 1 is 0.738 bits per heavy atom. The van der Waals surface area contributed by atoms with E-state index in [-0.39, 0.29) is 35.9 Å². The van der Waals surface area contributed by atoms with Crippen molar-refractivity contribution < 1.29 is 47.5 Å². The van der Waals surface area contributed by atoms with Crippen molar-refractivity contribution in [2.24, 2.45) is 11.8 Å². The number of likely N-dealkylation sites (N-methyl/N-ethyl adjacent to an activating group) is 1. The number of anilines is 2. The minimum Gasteiger partial charge on any atom is -0.491 e. The fourth-order valence-corrected chi connectivity index (χ4v) is 12.0. The minimum absolute atomic E-state index is 0.0264. The number of carbonyl (C=O) groups is 3. The van der Waals surface area contributed by atoms with Gasteiger partial charge in [0.25, 0.3) is 0 Å². The third-order valence-corrected chi connectivity index (χ3v) is 16.7. The fourth-order valence-electron chi connectivity index (χ4n) is 12.0. The molecule has 2 unspecified atom stereocenters. The number of hydrogen-bond acceptors (Lipinski definition) is 16. The number of carbonyl (C=O) groups excluding carboxylic acids is 3. The van der Waals surface area contributed by atoms with Crippen LogP contribution < -0.4 is 20.3 Å². The first-order chi connectivity index (χ1) is 40.7. The number of nitrogens with one attached hydrogen (secondary N) is 2. The van der Waals surface area contributed by atoms with Crippen LogP contribution in [0.2, 0.25) is 0 Å². The second kappa shape index (κ2) is 32.6. The summed E-state index contributed by atoms with van der Waals surface area (Å²) in [6.07, 6.45) is 15.3. The molecular weight excluding hydrogens is 1070 g/mol. The van der Waals surface area contributed by atoms with Crippen LogP contribution in [-0.4, -0.2) is 202 Å². The Hall–Kier alpha value is -5.90. The lowest BCUT2D eigenvalue weighted by atomic mass is 9.83. The van der Waals surface area contributed by atoms with Crippen LogP contribution >= 0.6 is 0 Å². The minimum atomic E-state index is -0.787. The summed E-state index contributed by atoms with van der Waals surface area (Å²) in [6, 6.07) is 19.6. The molecule has 2 aliphatic heterocycles. The van der Waals surface area contributed by atoms with E-state index in [0.717, 1.165) is 120 Å². The van der Waals surface area contributed by atoms with Gasteiger partial charge in [0.05, 0.1) is 89.6 Å². The van der Waals surface area contributed by atoms with E-state index in [4.69, 9.17) is 43.2 Å². The van der Waals surface area contributed by atoms with E-state index in [9.17, 15) is 14.4 Å². The molecule has 4 atom stereocenters. The van der Waals surface area contributed by atoms with Crippen LogP contribution in [0.15, 0.2) is 73.1 Å². The molecule has 4 aromatic rings. The molecular formula is C64H96N10O10. The highest BCUT2D eigenvalue weighted by Crippen LogP contribution is 2.36. The molecule has 0 spiro atoms. The van der Waals surface area contributed by atoms with Crippen LogP contribution in [0.1, 0.15) is 109 Å². The van der Waals surface area contributed by atoms with Gasteiger partial charge >= 0.3 is 6.09 Å². The highest BCUT2D eigenvalue weighted by molar-refractivity contribution is 5.91. The number of nitrogens with zero attached hydrogens (tertiary/aromatic N) is 8. The maximum atomic E-state index is 14.5. The van der Waals surface area contributed by atoms with Crippen molar-refractivity contribution in [3.05, 3.63) is 84.2 Å². The average Bonchev–Trinajstić information content (AvgIpc) is 4.15. The third-order valence-electron chi connectivity index (χ3n) is 16.7. The van der Waals surface area contributed by atoms with Gasteiger partial charge in [-0.2, -0.15) is 5.10 Å². The topological polar surface area (TPSA) is 196 Å². The van der Waals surface area contributed by atoms with E-state index < -0.39 is 23.8 Å². The molecule has 8 rings (SSSR count). The van der Waals surface area contributed by atoms with E-state index >= 15 is 0 Å². The molecule has 4 fully saturated rings. The molecule has 3 amide bonds. The SMILES string of the molecule is C[C@@H](C(=O)N[C@H](C(=O)N1CCC2CCN(CCc3ccc(OCCOCCOCCOCCOCCO[C@H]4CC[C@H](Nc5nccc(-c6cnn(Cc7ccccc7)c6N(C)C)n5)CC4)cc3)CC21)C1CCCCC1)N(C)C(=O)OC(C)(C)C. The number of piperidine rings is 1. The monoisotopic (exact) mass is 1160 g/mol. The van der Waals surface area contributed by atoms with Gasteiger partial charge in [0.15, 0.2) is 0 Å². The Morgan fingerprint density at radius 2 is 1.39 bits per heavy atom. The standard InChI is InChI=1S/C64H96N10O10/c1-47(71(7)63(77)84-64(2,3)4)59(75)69-58(51-16-12-9-13-17-51)61(76)73-33-29-50-28-32-72(46-57(50)73)31-27-48-18-22-53(23-19-48)82-42-40-80-38-36-78-34-35-79-37-39-81-41-43-83-54-24-20-52(21-25-54)67-62-65-30-26-56(68-62)55-44-66-74(60(55)70(5)6)45-49-14-10-8-11-15-49/h8,10-11,14-15,18-19,22-23,26,30,44,47,50-52,54,57-58H,9,12-13,16-17,20-21,24-25,27-29,31-43,45-46H2,1-7H3,(H,69,75)(H,65,67,68)/t47-,50?,52-,54-,57?,58-/m0/s1. The number of fused-ring (bicyclic) bond motifs is 1. The molecule has 0 radical (unpaired) electrons. The number of ether oxygens (including phenoxy) is 7. The highest BCUT2D eigenvalue weighted by Gasteiger charge is 2.45. The molecule has 20 heteroatoms. The molecule has 20 nitrogen and oxygen atoms in total. The van der Waals surface area contributed by atoms with Crippen LogP contribution in [0.25, 0.3) is 11.3 Å². The fraction of sp³-hybridized carbons (Fsp3) is 0.656. The Balaban J connectivity index is 0.618. The molecule has 2 aromatic carbocycles. The summed E-state index contributed by atoms with van der Waals surface area (Å²) in [6.45, 7) is 16.2. The van der Waals surface area contributed by atoms with E-state index in [0.29, 0.717) is 91.0 Å². The Kier molecular flexibility index (Phi) is 24.9. The molecule has 462 valence electrons. The van der Waals surface area contributed by atoms with E-state index in [1.165, 1.54) is 16.0 Å². The molecule has 2 aromatic heterocycles. The summed E-state index contributed by atoms with van der Waals surface area (Å²) < 4.78 is 42.5. The first-order valence-electron chi connectivity index (χ1n) is 31.0. The van der Waals surface area contributed by atoms with Gasteiger partial charge in [-0.15, -0.1) is 0 Å². The molecule has 2 N–H and O–H groups in total. The second-order valence-corrected chi connectivity index (χ2v) is 24.3. The van der Waals surface area contributed by atoms with Crippen LogP contribution in [0, 0.1) is 11.8 Å². The lowest BCUT2D eigenvalue weighted by Crippen LogP contribution is -2.59. The smallest absolute Gasteiger partial charge is 0.410 e. The number of likely N-dealkylation sites (tertiary alicyclic amines) is 2. The van der Waals surface area contributed by atoms with Crippen molar-refractivity contribution in [3.63, 3.8) is 0 Å². The van der Waals surface area contributed by atoms with Gasteiger partial charge in [0.2, 0.25) is 17.8 Å². The molecule has 4 heterocycles. The lowest BCUT2D eigenvalue weighted by molar-refractivity contribution is -0.141. The second-order valence-electron chi connectivity index (χ2n) is 24.3. The predicted octanol–water partition coefficient (Wildman–Crippen LogP) is 8.13. The van der Waals surface area contributed by atoms with Gasteiger partial charge in [0.1, 0.15) is 35.9 Å². The van der Waals surface area contributed by atoms with Crippen LogP contribution in [0.4, 0.5) is 16.6 Å². The van der Waals surface area contributed by atoms with Crippen molar-refractivity contribution in [1.82, 2.24) is 39.8 Å². The van der Waals surface area contributed by atoms with Crippen molar-refractivity contribution in [2.45, 2.75) is 147 Å². The van der Waals surface area contributed by atoms with Gasteiger partial charge in [-0.25, -0.2) is 19.4 Å². The van der Waals surface area contributed by atoms with E-state index in [1.54, 1.807) is 34.7 Å². The zero-order valence-electron chi connectivity index (χ0n) is 51.2. The first kappa shape index (κ1) is 64.1. The maximum Gasteiger partial charge on any atom is 0.410 e. The third kappa shape index (κ3) is 19.6. The molecule has 0 bridgehead atoms. The normalized spacial score (nSPS) is 20.2. The number of rotatable bonds is 31. The van der Waals surface area contributed by atoms with E-state index in [1.807, 2.05) is 67.6 Å². The summed E-state index contributed by atoms with van der Waals surface area (Å²) in [7, 11) is 5.64.